The predicted molar refractivity (Wildman–Crippen MR) is 181 cm³/mol. The minimum absolute atomic E-state index is 0.0564. The van der Waals surface area contributed by atoms with Crippen molar-refractivity contribution >= 4 is 23.6 Å². The van der Waals surface area contributed by atoms with Crippen LogP contribution in [0.2, 0.25) is 0 Å². The molecular formula is C36H47N7O5. The number of amides is 4. The van der Waals surface area contributed by atoms with Crippen molar-refractivity contribution in [1.29, 1.82) is 0 Å². The first-order chi connectivity index (χ1) is 23.2. The van der Waals surface area contributed by atoms with Gasteiger partial charge in [-0.2, -0.15) is 5.10 Å². The number of piperidine rings is 1. The number of carbonyl (C=O) groups is 4. The van der Waals surface area contributed by atoms with Crippen molar-refractivity contribution in [3.05, 3.63) is 66.0 Å². The second kappa shape index (κ2) is 16.4. The number of ether oxygens (including phenoxy) is 1. The van der Waals surface area contributed by atoms with E-state index < -0.39 is 12.1 Å². The van der Waals surface area contributed by atoms with Crippen molar-refractivity contribution in [2.24, 2.45) is 5.92 Å². The Bertz CT molecular complexity index is 1570. The summed E-state index contributed by atoms with van der Waals surface area (Å²) in [7, 11) is 0. The molecule has 2 aliphatic rings. The zero-order chi connectivity index (χ0) is 34.0. The van der Waals surface area contributed by atoms with Crippen molar-refractivity contribution < 1.29 is 23.9 Å². The van der Waals surface area contributed by atoms with Crippen LogP contribution in [0.15, 0.2) is 54.6 Å². The maximum Gasteiger partial charge on any atom is 0.260 e. The van der Waals surface area contributed by atoms with Gasteiger partial charge in [-0.1, -0.05) is 50.2 Å². The number of likely N-dealkylation sites (tertiary alicyclic amines) is 1. The monoisotopic (exact) mass is 657 g/mol. The Morgan fingerprint density at radius 1 is 0.896 bits per heavy atom. The summed E-state index contributed by atoms with van der Waals surface area (Å²) in [6, 6.07) is 15.3. The molecule has 2 atom stereocenters. The second-order valence-electron chi connectivity index (χ2n) is 13.0. The standard InChI is InChI=1S/C36H47N7O5/c1-25(2)22-30-35(46)37-26(3)34-39-33(27-12-6-4-7-13-27)40-43(34)21-20-42(19-11-16-31(44)38-30)36(47)28-14-10-15-29(23-28)48-24-32(45)41-17-8-5-9-18-41/h4,6-7,10,12-15,23,25-26,30H,5,8-9,11,16-22,24H2,1-3H3,(H,37,46)(H,38,44)/t26-,30-/m1/s1. The predicted octanol–water partition coefficient (Wildman–Crippen LogP) is 3.98. The average Bonchev–Trinajstić information content (AvgIpc) is 3.53. The van der Waals surface area contributed by atoms with E-state index in [9.17, 15) is 19.2 Å². The van der Waals surface area contributed by atoms with E-state index in [2.05, 4.69) is 10.6 Å². The van der Waals surface area contributed by atoms with Gasteiger partial charge in [-0.05, 0) is 63.1 Å². The molecule has 0 unspecified atom stereocenters. The fraction of sp³-hybridized carbons (Fsp3) is 0.500. The summed E-state index contributed by atoms with van der Waals surface area (Å²) in [6.07, 6.45) is 4.20. The maximum atomic E-state index is 14.0. The van der Waals surface area contributed by atoms with Crippen molar-refractivity contribution in [3.8, 4) is 17.1 Å². The first kappa shape index (κ1) is 34.6. The van der Waals surface area contributed by atoms with Gasteiger partial charge in [-0.25, -0.2) is 9.67 Å². The quantitative estimate of drug-likeness (QED) is 0.392. The molecule has 2 aliphatic heterocycles. The van der Waals surface area contributed by atoms with E-state index in [4.69, 9.17) is 14.8 Å². The van der Waals surface area contributed by atoms with E-state index in [0.29, 0.717) is 55.4 Å². The minimum Gasteiger partial charge on any atom is -0.484 e. The third-order valence-corrected chi connectivity index (χ3v) is 8.69. The highest BCUT2D eigenvalue weighted by molar-refractivity contribution is 5.94. The molecule has 5 rings (SSSR count). The van der Waals surface area contributed by atoms with Crippen LogP contribution in [0, 0.1) is 5.92 Å². The topological polar surface area (TPSA) is 139 Å². The van der Waals surface area contributed by atoms with Gasteiger partial charge >= 0.3 is 0 Å². The average molecular weight is 658 g/mol. The molecule has 0 bridgehead atoms. The normalized spacial score (nSPS) is 19.6. The van der Waals surface area contributed by atoms with Gasteiger partial charge in [0, 0.05) is 43.7 Å². The van der Waals surface area contributed by atoms with Crippen LogP contribution in [0.3, 0.4) is 0 Å². The largest absolute Gasteiger partial charge is 0.484 e. The first-order valence-electron chi connectivity index (χ1n) is 17.1. The lowest BCUT2D eigenvalue weighted by atomic mass is 10.0. The Morgan fingerprint density at radius 2 is 1.65 bits per heavy atom. The first-order valence-corrected chi connectivity index (χ1v) is 17.1. The summed E-state index contributed by atoms with van der Waals surface area (Å²) in [5, 5.41) is 10.7. The molecule has 0 saturated carbocycles. The van der Waals surface area contributed by atoms with Crippen molar-refractivity contribution in [2.75, 3.05) is 32.8 Å². The van der Waals surface area contributed by atoms with E-state index in [1.54, 1.807) is 33.8 Å². The van der Waals surface area contributed by atoms with Gasteiger partial charge in [0.05, 0.1) is 12.6 Å². The van der Waals surface area contributed by atoms with E-state index in [0.717, 1.165) is 37.9 Å². The molecule has 48 heavy (non-hydrogen) atoms. The number of carbonyl (C=O) groups excluding carboxylic acids is 4. The highest BCUT2D eigenvalue weighted by Gasteiger charge is 2.27. The summed E-state index contributed by atoms with van der Waals surface area (Å²) in [4.78, 5) is 61.4. The molecule has 1 saturated heterocycles. The molecule has 3 aromatic rings. The van der Waals surface area contributed by atoms with Crippen LogP contribution in [0.1, 0.15) is 81.5 Å². The highest BCUT2D eigenvalue weighted by atomic mass is 16.5. The zero-order valence-corrected chi connectivity index (χ0v) is 28.2. The van der Waals surface area contributed by atoms with Crippen molar-refractivity contribution in [2.45, 2.75) is 77.9 Å². The maximum absolute atomic E-state index is 14.0. The molecule has 3 heterocycles. The van der Waals surface area contributed by atoms with Gasteiger partial charge in [0.25, 0.3) is 11.8 Å². The van der Waals surface area contributed by atoms with Gasteiger partial charge < -0.3 is 25.2 Å². The number of benzene rings is 2. The Hall–Kier alpha value is -4.74. The lowest BCUT2D eigenvalue weighted by molar-refractivity contribution is -0.134. The van der Waals surface area contributed by atoms with Crippen LogP contribution in [-0.2, 0) is 20.9 Å². The van der Waals surface area contributed by atoms with Crippen LogP contribution >= 0.6 is 0 Å². The van der Waals surface area contributed by atoms with E-state index >= 15 is 0 Å². The number of aromatic nitrogens is 3. The molecule has 12 heteroatoms. The zero-order valence-electron chi connectivity index (χ0n) is 28.2. The number of nitrogens with zero attached hydrogens (tertiary/aromatic N) is 5. The number of hydrogen-bond donors (Lipinski definition) is 2. The molecule has 12 nitrogen and oxygen atoms in total. The lowest BCUT2D eigenvalue weighted by Crippen LogP contribution is -2.48. The minimum atomic E-state index is -0.699. The highest BCUT2D eigenvalue weighted by Crippen LogP contribution is 2.21. The third-order valence-electron chi connectivity index (χ3n) is 8.69. The lowest BCUT2D eigenvalue weighted by Gasteiger charge is -2.27. The second-order valence-corrected chi connectivity index (χ2v) is 13.0. The number of fused-ring (bicyclic) bond motifs is 1. The third kappa shape index (κ3) is 9.20. The summed E-state index contributed by atoms with van der Waals surface area (Å²) < 4.78 is 7.58. The van der Waals surface area contributed by atoms with Gasteiger partial charge in [0.2, 0.25) is 11.8 Å². The van der Waals surface area contributed by atoms with Crippen LogP contribution in [0.5, 0.6) is 5.75 Å². The van der Waals surface area contributed by atoms with E-state index in [-0.39, 0.29) is 42.6 Å². The fourth-order valence-corrected chi connectivity index (χ4v) is 6.14. The molecule has 2 aromatic carbocycles. The Morgan fingerprint density at radius 3 is 2.40 bits per heavy atom. The SMILES string of the molecule is CC(C)C[C@H]1NC(=O)CCCN(C(=O)c2cccc(OCC(=O)N3CCCCC3)c2)CCn2nc(-c3ccccc3)nc2[C@@H](C)NC1=O. The Balaban J connectivity index is 1.38. The van der Waals surface area contributed by atoms with Crippen LogP contribution in [0.25, 0.3) is 11.4 Å². The number of hydrogen-bond acceptors (Lipinski definition) is 7. The van der Waals surface area contributed by atoms with Crippen molar-refractivity contribution in [3.63, 3.8) is 0 Å². The molecule has 0 aliphatic carbocycles. The fourth-order valence-electron chi connectivity index (χ4n) is 6.14. The van der Waals surface area contributed by atoms with Gasteiger partial charge in [0.1, 0.15) is 17.6 Å². The molecular weight excluding hydrogens is 610 g/mol. The molecule has 0 radical (unpaired) electrons. The van der Waals surface area contributed by atoms with Crippen molar-refractivity contribution in [1.82, 2.24) is 35.2 Å². The van der Waals surface area contributed by atoms with Gasteiger partial charge in [-0.15, -0.1) is 0 Å². The summed E-state index contributed by atoms with van der Waals surface area (Å²) >= 11 is 0. The molecule has 1 fully saturated rings. The molecule has 2 N–H and O–H groups in total. The Kier molecular flexibility index (Phi) is 11.8. The van der Waals surface area contributed by atoms with Gasteiger partial charge in [0.15, 0.2) is 12.4 Å². The van der Waals surface area contributed by atoms with Gasteiger partial charge in [-0.3, -0.25) is 19.2 Å². The smallest absolute Gasteiger partial charge is 0.260 e. The van der Waals surface area contributed by atoms with Crippen LogP contribution in [0.4, 0.5) is 0 Å². The number of nitrogens with one attached hydrogen (secondary N) is 2. The number of rotatable bonds is 7. The summed E-state index contributed by atoms with van der Waals surface area (Å²) in [5.74, 6) is 0.905. The van der Waals surface area contributed by atoms with Crippen LogP contribution in [-0.4, -0.2) is 87.0 Å². The molecule has 0 spiro atoms. The molecule has 1 aromatic heterocycles. The van der Waals surface area contributed by atoms with E-state index in [1.807, 2.05) is 56.0 Å². The van der Waals surface area contributed by atoms with E-state index in [1.165, 1.54) is 0 Å². The summed E-state index contributed by atoms with van der Waals surface area (Å²) in [5.41, 5.74) is 1.26. The summed E-state index contributed by atoms with van der Waals surface area (Å²) in [6.45, 7) is 8.20. The Labute approximate surface area is 282 Å². The molecule has 256 valence electrons. The van der Waals surface area contributed by atoms with Crippen LogP contribution < -0.4 is 15.4 Å². The molecule has 4 amide bonds.